The molecule has 4 nitrogen and oxygen atoms in total. The molecule has 2 rings (SSSR count). The number of hydrogen-bond acceptors (Lipinski definition) is 4. The summed E-state index contributed by atoms with van der Waals surface area (Å²) in [6.07, 6.45) is 0. The summed E-state index contributed by atoms with van der Waals surface area (Å²) in [5.41, 5.74) is 8.79. The van der Waals surface area contributed by atoms with E-state index in [-0.39, 0.29) is 6.54 Å². The highest BCUT2D eigenvalue weighted by molar-refractivity contribution is 5.55. The van der Waals surface area contributed by atoms with Gasteiger partial charge < -0.3 is 10.2 Å². The summed E-state index contributed by atoms with van der Waals surface area (Å²) < 4.78 is 5.37. The van der Waals surface area contributed by atoms with Crippen molar-refractivity contribution in [2.24, 2.45) is 5.73 Å². The van der Waals surface area contributed by atoms with Gasteiger partial charge in [0.1, 0.15) is 0 Å². The smallest absolute Gasteiger partial charge is 0.247 e. The molecule has 2 aromatic rings. The number of aryl methyl sites for hydroxylation is 2. The van der Waals surface area contributed by atoms with Crippen molar-refractivity contribution in [3.8, 4) is 11.5 Å². The molecule has 0 fully saturated rings. The lowest BCUT2D eigenvalue weighted by molar-refractivity contribution is 0.508. The largest absolute Gasteiger partial charge is 0.419 e. The van der Waals surface area contributed by atoms with Crippen molar-refractivity contribution in [2.45, 2.75) is 20.4 Å². The van der Waals surface area contributed by atoms with Gasteiger partial charge >= 0.3 is 0 Å². The fraction of sp³-hybridized carbons (Fsp3) is 0.273. The molecule has 0 saturated heterocycles. The van der Waals surface area contributed by atoms with Crippen molar-refractivity contribution in [1.82, 2.24) is 10.2 Å². The summed E-state index contributed by atoms with van der Waals surface area (Å²) in [7, 11) is 0. The normalized spacial score (nSPS) is 10.6. The third-order valence-electron chi connectivity index (χ3n) is 2.40. The van der Waals surface area contributed by atoms with Gasteiger partial charge in [0.2, 0.25) is 11.8 Å². The first-order valence-corrected chi connectivity index (χ1v) is 4.81. The zero-order chi connectivity index (χ0) is 10.8. The number of nitrogens with zero attached hydrogens (tertiary/aromatic N) is 2. The van der Waals surface area contributed by atoms with Crippen LogP contribution in [0, 0.1) is 13.8 Å². The molecule has 0 saturated carbocycles. The van der Waals surface area contributed by atoms with Crippen LogP contribution in [0.15, 0.2) is 22.6 Å². The van der Waals surface area contributed by atoms with Crippen molar-refractivity contribution >= 4 is 0 Å². The SMILES string of the molecule is Cc1ccc(-c2nnc(CN)o2)cc1C. The molecule has 1 aromatic carbocycles. The summed E-state index contributed by atoms with van der Waals surface area (Å²) in [6.45, 7) is 4.40. The maximum atomic E-state index is 5.40. The molecule has 0 bridgehead atoms. The Kier molecular flexibility index (Phi) is 2.51. The third kappa shape index (κ3) is 1.89. The predicted molar refractivity (Wildman–Crippen MR) is 57.1 cm³/mol. The van der Waals surface area contributed by atoms with Crippen LogP contribution in [0.2, 0.25) is 0 Å². The van der Waals surface area contributed by atoms with E-state index in [2.05, 4.69) is 24.0 Å². The van der Waals surface area contributed by atoms with Gasteiger partial charge in [-0.15, -0.1) is 10.2 Å². The fourth-order valence-electron chi connectivity index (χ4n) is 1.33. The Morgan fingerprint density at radius 2 is 2.00 bits per heavy atom. The van der Waals surface area contributed by atoms with E-state index in [1.165, 1.54) is 11.1 Å². The second kappa shape index (κ2) is 3.82. The zero-order valence-electron chi connectivity index (χ0n) is 8.82. The second-order valence-electron chi connectivity index (χ2n) is 3.50. The monoisotopic (exact) mass is 203 g/mol. The van der Waals surface area contributed by atoms with E-state index >= 15 is 0 Å². The maximum Gasteiger partial charge on any atom is 0.247 e. The molecule has 0 aliphatic rings. The van der Waals surface area contributed by atoms with Gasteiger partial charge in [-0.2, -0.15) is 0 Å². The van der Waals surface area contributed by atoms with Crippen LogP contribution in [0.25, 0.3) is 11.5 Å². The fourth-order valence-corrected chi connectivity index (χ4v) is 1.33. The molecule has 0 atom stereocenters. The van der Waals surface area contributed by atoms with Crippen molar-refractivity contribution in [3.05, 3.63) is 35.2 Å². The summed E-state index contributed by atoms with van der Waals surface area (Å²) >= 11 is 0. The van der Waals surface area contributed by atoms with Crippen molar-refractivity contribution in [3.63, 3.8) is 0 Å². The lowest BCUT2D eigenvalue weighted by Gasteiger charge is -2.00. The summed E-state index contributed by atoms with van der Waals surface area (Å²) in [4.78, 5) is 0. The lowest BCUT2D eigenvalue weighted by atomic mass is 10.1. The molecule has 15 heavy (non-hydrogen) atoms. The molecular weight excluding hydrogens is 190 g/mol. The maximum absolute atomic E-state index is 5.40. The molecule has 0 aliphatic carbocycles. The van der Waals surface area contributed by atoms with Gasteiger partial charge in [-0.1, -0.05) is 6.07 Å². The first-order chi connectivity index (χ1) is 7.20. The Morgan fingerprint density at radius 1 is 1.20 bits per heavy atom. The average Bonchev–Trinajstić information content (AvgIpc) is 2.70. The Bertz CT molecular complexity index is 476. The van der Waals surface area contributed by atoms with Crippen LogP contribution >= 0.6 is 0 Å². The van der Waals surface area contributed by atoms with E-state index in [1.54, 1.807) is 0 Å². The molecule has 0 amide bonds. The third-order valence-corrected chi connectivity index (χ3v) is 2.40. The van der Waals surface area contributed by atoms with Crippen LogP contribution in [0.5, 0.6) is 0 Å². The molecule has 4 heteroatoms. The van der Waals surface area contributed by atoms with E-state index < -0.39 is 0 Å². The van der Waals surface area contributed by atoms with Crippen LogP contribution in [-0.2, 0) is 6.54 Å². The molecule has 0 unspecified atom stereocenters. The zero-order valence-corrected chi connectivity index (χ0v) is 8.82. The Hall–Kier alpha value is -1.68. The predicted octanol–water partition coefficient (Wildman–Crippen LogP) is 1.81. The summed E-state index contributed by atoms with van der Waals surface area (Å²) in [5.74, 6) is 0.988. The summed E-state index contributed by atoms with van der Waals surface area (Å²) in [6, 6.07) is 6.04. The molecular formula is C11H13N3O. The van der Waals surface area contributed by atoms with Gasteiger partial charge in [0.15, 0.2) is 0 Å². The van der Waals surface area contributed by atoms with Crippen molar-refractivity contribution in [1.29, 1.82) is 0 Å². The van der Waals surface area contributed by atoms with Gasteiger partial charge in [-0.25, -0.2) is 0 Å². The minimum Gasteiger partial charge on any atom is -0.419 e. The highest BCUT2D eigenvalue weighted by atomic mass is 16.4. The molecule has 1 heterocycles. The number of benzene rings is 1. The van der Waals surface area contributed by atoms with Crippen LogP contribution < -0.4 is 5.73 Å². The average molecular weight is 203 g/mol. The Balaban J connectivity index is 2.40. The molecule has 0 radical (unpaired) electrons. The minimum absolute atomic E-state index is 0.276. The molecule has 1 aromatic heterocycles. The van der Waals surface area contributed by atoms with E-state index in [1.807, 2.05) is 18.2 Å². The molecule has 0 spiro atoms. The van der Waals surface area contributed by atoms with Crippen LogP contribution in [0.4, 0.5) is 0 Å². The van der Waals surface area contributed by atoms with E-state index in [0.717, 1.165) is 5.56 Å². The first kappa shape index (κ1) is 9.86. The highest BCUT2D eigenvalue weighted by Crippen LogP contribution is 2.20. The number of aromatic nitrogens is 2. The van der Waals surface area contributed by atoms with Crippen molar-refractivity contribution in [2.75, 3.05) is 0 Å². The lowest BCUT2D eigenvalue weighted by Crippen LogP contribution is -1.95. The first-order valence-electron chi connectivity index (χ1n) is 4.81. The number of hydrogen-bond donors (Lipinski definition) is 1. The van der Waals surface area contributed by atoms with Gasteiger partial charge in [0.25, 0.3) is 0 Å². The summed E-state index contributed by atoms with van der Waals surface area (Å²) in [5, 5.41) is 7.75. The van der Waals surface area contributed by atoms with Crippen LogP contribution in [0.1, 0.15) is 17.0 Å². The van der Waals surface area contributed by atoms with E-state index in [0.29, 0.717) is 11.8 Å². The molecule has 0 aliphatic heterocycles. The molecule has 2 N–H and O–H groups in total. The van der Waals surface area contributed by atoms with Gasteiger partial charge in [-0.05, 0) is 37.1 Å². The quantitative estimate of drug-likeness (QED) is 0.808. The standard InChI is InChI=1S/C11H13N3O/c1-7-3-4-9(5-8(7)2)11-14-13-10(6-12)15-11/h3-5H,6,12H2,1-2H3. The number of rotatable bonds is 2. The molecule has 78 valence electrons. The van der Waals surface area contributed by atoms with Gasteiger partial charge in [0, 0.05) is 5.56 Å². The van der Waals surface area contributed by atoms with Crippen LogP contribution in [-0.4, -0.2) is 10.2 Å². The second-order valence-corrected chi connectivity index (χ2v) is 3.50. The minimum atomic E-state index is 0.276. The number of nitrogens with two attached hydrogens (primary N) is 1. The Morgan fingerprint density at radius 3 is 2.60 bits per heavy atom. The van der Waals surface area contributed by atoms with Crippen LogP contribution in [0.3, 0.4) is 0 Å². The van der Waals surface area contributed by atoms with E-state index in [4.69, 9.17) is 10.2 Å². The van der Waals surface area contributed by atoms with Gasteiger partial charge in [-0.3, -0.25) is 0 Å². The topological polar surface area (TPSA) is 64.9 Å². The van der Waals surface area contributed by atoms with Gasteiger partial charge in [0.05, 0.1) is 6.54 Å². The highest BCUT2D eigenvalue weighted by Gasteiger charge is 2.07. The van der Waals surface area contributed by atoms with E-state index in [9.17, 15) is 0 Å². The Labute approximate surface area is 88.1 Å². The van der Waals surface area contributed by atoms with Crippen molar-refractivity contribution < 1.29 is 4.42 Å².